The number of allylic oxidation sites excluding steroid dienone is 1. The smallest absolute Gasteiger partial charge is 0.276 e. The molecule has 0 aliphatic carbocycles. The number of aromatic amines is 1. The van der Waals surface area contributed by atoms with Crippen molar-refractivity contribution in [1.29, 1.82) is 0 Å². The number of nitrogens with zero attached hydrogens (tertiary/aromatic N) is 2. The van der Waals surface area contributed by atoms with Crippen LogP contribution < -0.4 is 5.43 Å². The number of amides is 1. The number of carbonyl (C=O) groups excluding carboxylic acids is 1. The predicted molar refractivity (Wildman–Crippen MR) is 103 cm³/mol. The zero-order valence-electron chi connectivity index (χ0n) is 14.0. The Balaban J connectivity index is 1.61. The summed E-state index contributed by atoms with van der Waals surface area (Å²) in [4.78, 5) is 14.4. The third-order valence-corrected chi connectivity index (χ3v) is 4.48. The molecule has 0 radical (unpaired) electrons. The van der Waals surface area contributed by atoms with Gasteiger partial charge in [-0.25, -0.2) is 5.43 Å². The molecule has 1 aromatic carbocycles. The van der Waals surface area contributed by atoms with Gasteiger partial charge in [0, 0.05) is 4.88 Å². The number of hydrogen-bond donors (Lipinski definition) is 2. The largest absolute Gasteiger partial charge is 0.291 e. The van der Waals surface area contributed by atoms with E-state index < -0.39 is 0 Å². The predicted octanol–water partition coefficient (Wildman–Crippen LogP) is 4.27. The SMILES string of the molecule is C/C(C=NNC(=O)c1cc(-c2ccc(C)s2)[nH]n1)=C\c1ccccc1. The summed E-state index contributed by atoms with van der Waals surface area (Å²) in [6, 6.07) is 15.7. The number of carbonyl (C=O) groups is 1. The number of aromatic nitrogens is 2. The highest BCUT2D eigenvalue weighted by atomic mass is 32.1. The van der Waals surface area contributed by atoms with Crippen molar-refractivity contribution in [3.8, 4) is 10.6 Å². The van der Waals surface area contributed by atoms with Crippen LogP contribution in [0.5, 0.6) is 0 Å². The molecule has 0 unspecified atom stereocenters. The highest BCUT2D eigenvalue weighted by Gasteiger charge is 2.11. The van der Waals surface area contributed by atoms with E-state index in [2.05, 4.69) is 20.7 Å². The van der Waals surface area contributed by atoms with E-state index in [-0.39, 0.29) is 5.91 Å². The molecule has 0 bridgehead atoms. The van der Waals surface area contributed by atoms with Crippen LogP contribution in [0, 0.1) is 6.92 Å². The molecule has 2 N–H and O–H groups in total. The van der Waals surface area contributed by atoms with Crippen molar-refractivity contribution >= 4 is 29.5 Å². The van der Waals surface area contributed by atoms with Crippen LogP contribution in [0.15, 0.2) is 59.2 Å². The summed E-state index contributed by atoms with van der Waals surface area (Å²) in [7, 11) is 0. The van der Waals surface area contributed by atoms with Gasteiger partial charge >= 0.3 is 0 Å². The molecule has 0 atom stereocenters. The molecule has 3 rings (SSSR count). The molecule has 25 heavy (non-hydrogen) atoms. The molecule has 2 heterocycles. The normalized spacial score (nSPS) is 11.8. The minimum atomic E-state index is -0.348. The van der Waals surface area contributed by atoms with Crippen LogP contribution in [0.3, 0.4) is 0 Å². The molecule has 0 saturated carbocycles. The number of H-pyrrole nitrogens is 1. The summed E-state index contributed by atoms with van der Waals surface area (Å²) in [5, 5.41) is 10.9. The minimum absolute atomic E-state index is 0.308. The van der Waals surface area contributed by atoms with E-state index in [1.807, 2.05) is 62.4 Å². The highest BCUT2D eigenvalue weighted by Crippen LogP contribution is 2.26. The summed E-state index contributed by atoms with van der Waals surface area (Å²) in [6.07, 6.45) is 3.60. The molecule has 0 saturated heterocycles. The summed E-state index contributed by atoms with van der Waals surface area (Å²) in [6.45, 7) is 3.96. The Morgan fingerprint density at radius 2 is 2.04 bits per heavy atom. The van der Waals surface area contributed by atoms with Crippen molar-refractivity contribution in [2.45, 2.75) is 13.8 Å². The van der Waals surface area contributed by atoms with Crippen molar-refractivity contribution in [1.82, 2.24) is 15.6 Å². The number of aryl methyl sites for hydroxylation is 1. The Morgan fingerprint density at radius 1 is 1.24 bits per heavy atom. The highest BCUT2D eigenvalue weighted by molar-refractivity contribution is 7.15. The Kier molecular flexibility index (Phi) is 5.20. The zero-order chi connectivity index (χ0) is 17.6. The lowest BCUT2D eigenvalue weighted by atomic mass is 10.1. The number of benzene rings is 1. The lowest BCUT2D eigenvalue weighted by Gasteiger charge is -1.96. The fourth-order valence-electron chi connectivity index (χ4n) is 2.24. The average molecular weight is 350 g/mol. The Bertz CT molecular complexity index is 922. The molecule has 3 aromatic rings. The second kappa shape index (κ2) is 7.72. The molecule has 126 valence electrons. The van der Waals surface area contributed by atoms with Crippen molar-refractivity contribution in [2.24, 2.45) is 5.10 Å². The maximum absolute atomic E-state index is 12.1. The molecule has 0 aliphatic rings. The third-order valence-electron chi connectivity index (χ3n) is 3.44. The van der Waals surface area contributed by atoms with Gasteiger partial charge in [0.25, 0.3) is 5.91 Å². The zero-order valence-corrected chi connectivity index (χ0v) is 14.8. The van der Waals surface area contributed by atoms with E-state index in [0.717, 1.165) is 21.7 Å². The number of nitrogens with one attached hydrogen (secondary N) is 2. The van der Waals surface area contributed by atoms with Gasteiger partial charge in [0.2, 0.25) is 0 Å². The van der Waals surface area contributed by atoms with Crippen LogP contribution in [-0.2, 0) is 0 Å². The van der Waals surface area contributed by atoms with Crippen molar-refractivity contribution in [3.63, 3.8) is 0 Å². The first-order valence-corrected chi connectivity index (χ1v) is 8.62. The first kappa shape index (κ1) is 16.9. The lowest BCUT2D eigenvalue weighted by molar-refractivity contribution is 0.0950. The quantitative estimate of drug-likeness (QED) is 0.533. The van der Waals surface area contributed by atoms with Gasteiger partial charge in [0.15, 0.2) is 5.69 Å². The van der Waals surface area contributed by atoms with E-state index in [1.165, 1.54) is 4.88 Å². The molecular formula is C19H18N4OS. The first-order chi connectivity index (χ1) is 12.1. The Morgan fingerprint density at radius 3 is 2.76 bits per heavy atom. The maximum Gasteiger partial charge on any atom is 0.291 e. The second-order valence-electron chi connectivity index (χ2n) is 5.58. The first-order valence-electron chi connectivity index (χ1n) is 7.81. The van der Waals surface area contributed by atoms with E-state index in [9.17, 15) is 4.79 Å². The Labute approximate surface area is 150 Å². The molecule has 0 fully saturated rings. The molecule has 1 amide bonds. The second-order valence-corrected chi connectivity index (χ2v) is 6.86. The third kappa shape index (κ3) is 4.51. The molecule has 6 heteroatoms. The van der Waals surface area contributed by atoms with Gasteiger partial charge in [-0.05, 0) is 43.2 Å². The van der Waals surface area contributed by atoms with Crippen LogP contribution in [0.25, 0.3) is 16.6 Å². The van der Waals surface area contributed by atoms with E-state index >= 15 is 0 Å². The summed E-state index contributed by atoms with van der Waals surface area (Å²) >= 11 is 1.65. The van der Waals surface area contributed by atoms with E-state index in [0.29, 0.717) is 5.69 Å². The lowest BCUT2D eigenvalue weighted by Crippen LogP contribution is -2.17. The van der Waals surface area contributed by atoms with Crippen LogP contribution in [0.1, 0.15) is 27.9 Å². The van der Waals surface area contributed by atoms with Gasteiger partial charge in [0.05, 0.1) is 16.8 Å². The number of hydrogen-bond acceptors (Lipinski definition) is 4. The van der Waals surface area contributed by atoms with Crippen LogP contribution in [-0.4, -0.2) is 22.3 Å². The molecule has 0 aliphatic heterocycles. The number of rotatable bonds is 5. The molecular weight excluding hydrogens is 332 g/mol. The maximum atomic E-state index is 12.1. The number of hydrazone groups is 1. The summed E-state index contributed by atoms with van der Waals surface area (Å²) < 4.78 is 0. The van der Waals surface area contributed by atoms with Gasteiger partial charge in [-0.15, -0.1) is 11.3 Å². The minimum Gasteiger partial charge on any atom is -0.276 e. The van der Waals surface area contributed by atoms with Gasteiger partial charge in [0.1, 0.15) is 0 Å². The number of thiophene rings is 1. The van der Waals surface area contributed by atoms with Gasteiger partial charge in [-0.3, -0.25) is 9.89 Å². The topological polar surface area (TPSA) is 70.1 Å². The van der Waals surface area contributed by atoms with Crippen molar-refractivity contribution in [3.05, 3.63) is 70.2 Å². The van der Waals surface area contributed by atoms with Crippen LogP contribution >= 0.6 is 11.3 Å². The van der Waals surface area contributed by atoms with Crippen LogP contribution in [0.2, 0.25) is 0 Å². The fraction of sp³-hybridized carbons (Fsp3) is 0.105. The summed E-state index contributed by atoms with van der Waals surface area (Å²) in [5.74, 6) is -0.348. The fourth-order valence-corrected chi connectivity index (χ4v) is 3.08. The van der Waals surface area contributed by atoms with Gasteiger partial charge in [-0.2, -0.15) is 10.2 Å². The van der Waals surface area contributed by atoms with Crippen LogP contribution in [0.4, 0.5) is 0 Å². The van der Waals surface area contributed by atoms with Crippen molar-refractivity contribution in [2.75, 3.05) is 0 Å². The molecule has 0 spiro atoms. The monoisotopic (exact) mass is 350 g/mol. The van der Waals surface area contributed by atoms with E-state index in [1.54, 1.807) is 23.6 Å². The van der Waals surface area contributed by atoms with Gasteiger partial charge in [-0.1, -0.05) is 36.4 Å². The molecule has 2 aromatic heterocycles. The Hall–Kier alpha value is -2.99. The summed E-state index contributed by atoms with van der Waals surface area (Å²) in [5.41, 5.74) is 5.65. The van der Waals surface area contributed by atoms with Crippen molar-refractivity contribution < 1.29 is 4.79 Å². The van der Waals surface area contributed by atoms with E-state index in [4.69, 9.17) is 0 Å². The average Bonchev–Trinajstić information content (AvgIpc) is 3.24. The molecule has 5 nitrogen and oxygen atoms in total. The van der Waals surface area contributed by atoms with Gasteiger partial charge < -0.3 is 0 Å². The standard InChI is InChI=1S/C19H18N4OS/c1-13(10-15-6-4-3-5-7-15)12-20-23-19(24)17-11-16(21-22-17)18-9-8-14(2)25-18/h3-12H,1-2H3,(H,21,22)(H,23,24)/b13-10+,20-12?.